The molecule has 1 aromatic carbocycles. The summed E-state index contributed by atoms with van der Waals surface area (Å²) in [5, 5.41) is 31.0. The standard InChI is InChI=1S/C35H33N11O13S3/c1-13-8-21(46-34(37-13)40-25(43-46)31(54)55)60-10-17-11-61-29-23(28(51)45(29)24(17)30(52)53)39-27(50)22(18-12-62-33(36)38-18)44-59-35(4,5)32(56)42-41-26(49)16-6-7-19(57-14(2)47)20(9-16)58-15(3)48/h6-9,12,23,29H,10-11H2,1-5H3,(H2,36,38)(H,39,50)(H,41,49)(H,42,56)(H,52,53)(H,54,55)/t23?,29-/m0/s1. The quantitative estimate of drug-likeness (QED) is 0.0191. The van der Waals surface area contributed by atoms with Gasteiger partial charge in [-0.15, -0.1) is 40.0 Å². The molecule has 6 rings (SSSR count). The van der Waals surface area contributed by atoms with E-state index in [0.29, 0.717) is 16.3 Å². The van der Waals surface area contributed by atoms with Crippen molar-refractivity contribution in [3.63, 3.8) is 0 Å². The van der Waals surface area contributed by atoms with Crippen LogP contribution in [0.25, 0.3) is 5.78 Å². The second-order valence-electron chi connectivity index (χ2n) is 13.5. The molecule has 4 amide bonds. The minimum atomic E-state index is -1.88. The molecule has 0 radical (unpaired) electrons. The number of thiazole rings is 1. The van der Waals surface area contributed by atoms with Crippen molar-refractivity contribution >= 4 is 99.0 Å². The lowest BCUT2D eigenvalue weighted by atomic mass is 10.0. The number of nitrogens with one attached hydrogen (secondary N) is 3. The number of aliphatic carboxylic acids is 1. The number of hydrogen-bond donors (Lipinski definition) is 6. The fraction of sp³-hybridized carbons (Fsp3) is 0.286. The van der Waals surface area contributed by atoms with Crippen molar-refractivity contribution in [3.8, 4) is 11.5 Å². The number of ether oxygens (including phenoxy) is 2. The Bertz CT molecular complexity index is 2640. The van der Waals surface area contributed by atoms with Crippen LogP contribution in [-0.2, 0) is 33.6 Å². The van der Waals surface area contributed by atoms with Gasteiger partial charge in [0.25, 0.3) is 35.2 Å². The highest BCUT2D eigenvalue weighted by molar-refractivity contribution is 8.01. The normalized spacial score (nSPS) is 16.2. The van der Waals surface area contributed by atoms with E-state index >= 15 is 0 Å². The Hall–Kier alpha value is -7.13. The van der Waals surface area contributed by atoms with Gasteiger partial charge in [-0.05, 0) is 50.6 Å². The summed E-state index contributed by atoms with van der Waals surface area (Å²) in [6, 6.07) is 3.96. The third-order valence-corrected chi connectivity index (χ3v) is 11.5. The Morgan fingerprint density at radius 1 is 1.00 bits per heavy atom. The second-order valence-corrected chi connectivity index (χ2v) is 16.5. The third-order valence-electron chi connectivity index (χ3n) is 8.42. The number of carboxylic acids is 2. The van der Waals surface area contributed by atoms with Gasteiger partial charge in [0, 0.05) is 42.0 Å². The van der Waals surface area contributed by atoms with E-state index in [2.05, 4.69) is 41.4 Å². The molecule has 0 saturated carbocycles. The SMILES string of the molecule is CC(=O)Oc1ccc(C(=O)NNC(=O)C(C)(C)ON=C(C(=O)NC2C(=O)N3C(C(=O)O)=C(CSc4cc(C)nc5nc(C(=O)O)nn45)CS[C@@H]23)c2csc(N)n2)cc1OC(C)=O. The lowest BCUT2D eigenvalue weighted by molar-refractivity contribution is -0.150. The minimum absolute atomic E-state index is 0.0389. The summed E-state index contributed by atoms with van der Waals surface area (Å²) in [6.45, 7) is 6.42. The number of carbonyl (C=O) groups excluding carboxylic acids is 6. The molecule has 1 saturated heterocycles. The van der Waals surface area contributed by atoms with Crippen molar-refractivity contribution < 1.29 is 62.9 Å². The number of aromatic nitrogens is 5. The van der Waals surface area contributed by atoms with Gasteiger partial charge < -0.3 is 35.6 Å². The number of thioether (sulfide) groups is 2. The molecule has 27 heteroatoms. The molecule has 62 heavy (non-hydrogen) atoms. The van der Waals surface area contributed by atoms with Gasteiger partial charge >= 0.3 is 23.9 Å². The number of nitrogens with two attached hydrogens (primary N) is 1. The maximum absolute atomic E-state index is 13.7. The van der Waals surface area contributed by atoms with E-state index in [9.17, 15) is 48.6 Å². The topological polar surface area (TPSA) is 338 Å². The Morgan fingerprint density at radius 3 is 2.35 bits per heavy atom. The second kappa shape index (κ2) is 17.8. The molecular formula is C35H33N11O13S3. The van der Waals surface area contributed by atoms with E-state index in [0.717, 1.165) is 47.9 Å². The summed E-state index contributed by atoms with van der Waals surface area (Å²) in [5.41, 5.74) is 8.18. The Labute approximate surface area is 360 Å². The van der Waals surface area contributed by atoms with Crippen LogP contribution in [0, 0.1) is 6.92 Å². The summed E-state index contributed by atoms with van der Waals surface area (Å²) < 4.78 is 11.2. The number of oxime groups is 1. The number of rotatable bonds is 14. The van der Waals surface area contributed by atoms with Gasteiger partial charge in [-0.2, -0.15) is 9.50 Å². The first-order valence-electron chi connectivity index (χ1n) is 17.6. The molecule has 2 aliphatic rings. The zero-order valence-corrected chi connectivity index (χ0v) is 35.2. The number of nitrogens with zero attached hydrogens (tertiary/aromatic N) is 7. The van der Waals surface area contributed by atoms with Crippen LogP contribution in [0.3, 0.4) is 0 Å². The third kappa shape index (κ3) is 9.58. The van der Waals surface area contributed by atoms with E-state index < -0.39 is 76.1 Å². The van der Waals surface area contributed by atoms with Gasteiger partial charge in [0.15, 0.2) is 22.3 Å². The fourth-order valence-electron chi connectivity index (χ4n) is 5.57. The van der Waals surface area contributed by atoms with Crippen molar-refractivity contribution in [3.05, 3.63) is 63.7 Å². The maximum atomic E-state index is 13.7. The number of fused-ring (bicyclic) bond motifs is 2. The van der Waals surface area contributed by atoms with Crippen molar-refractivity contribution in [2.24, 2.45) is 5.16 Å². The Morgan fingerprint density at radius 2 is 1.71 bits per heavy atom. The largest absolute Gasteiger partial charge is 0.477 e. The molecule has 2 aliphatic heterocycles. The number of esters is 2. The number of amides is 4. The summed E-state index contributed by atoms with van der Waals surface area (Å²) in [5.74, 6) is -8.35. The van der Waals surface area contributed by atoms with E-state index in [1.165, 1.54) is 47.6 Å². The smallest absolute Gasteiger partial charge is 0.375 e. The highest BCUT2D eigenvalue weighted by Gasteiger charge is 2.54. The van der Waals surface area contributed by atoms with E-state index in [1.807, 2.05) is 0 Å². The lowest BCUT2D eigenvalue weighted by Crippen LogP contribution is -2.71. The van der Waals surface area contributed by atoms with Crippen molar-refractivity contribution in [2.75, 3.05) is 17.2 Å². The highest BCUT2D eigenvalue weighted by atomic mass is 32.2. The lowest BCUT2D eigenvalue weighted by Gasteiger charge is -2.49. The zero-order valence-electron chi connectivity index (χ0n) is 32.8. The number of aryl methyl sites for hydroxylation is 1. The maximum Gasteiger partial charge on any atom is 0.375 e. The van der Waals surface area contributed by atoms with Crippen LogP contribution >= 0.6 is 34.9 Å². The number of carbonyl (C=O) groups is 8. The Balaban J connectivity index is 1.13. The zero-order chi connectivity index (χ0) is 45.2. The van der Waals surface area contributed by atoms with Gasteiger partial charge in [0.1, 0.15) is 27.8 Å². The number of hydrazine groups is 1. The summed E-state index contributed by atoms with van der Waals surface area (Å²) in [4.78, 5) is 119. The Kier molecular flexibility index (Phi) is 12.8. The van der Waals surface area contributed by atoms with Gasteiger partial charge in [-0.25, -0.2) is 19.6 Å². The average Bonchev–Trinajstić information content (AvgIpc) is 3.84. The van der Waals surface area contributed by atoms with Crippen LogP contribution in [0.4, 0.5) is 5.13 Å². The first-order valence-corrected chi connectivity index (χ1v) is 20.6. The molecule has 1 unspecified atom stereocenters. The van der Waals surface area contributed by atoms with Crippen molar-refractivity contribution in [2.45, 2.75) is 56.7 Å². The number of aromatic carboxylic acids is 1. The summed E-state index contributed by atoms with van der Waals surface area (Å²) in [7, 11) is 0. The van der Waals surface area contributed by atoms with Crippen LogP contribution < -0.4 is 31.4 Å². The monoisotopic (exact) mass is 911 g/mol. The predicted octanol–water partition coefficient (Wildman–Crippen LogP) is 0.512. The van der Waals surface area contributed by atoms with Crippen LogP contribution in [0.2, 0.25) is 0 Å². The molecular weight excluding hydrogens is 879 g/mol. The fourth-order valence-corrected chi connectivity index (χ4v) is 8.66. The number of nitrogen functional groups attached to an aromatic ring is 1. The van der Waals surface area contributed by atoms with E-state index in [4.69, 9.17) is 20.0 Å². The van der Waals surface area contributed by atoms with E-state index in [-0.39, 0.29) is 50.9 Å². The van der Waals surface area contributed by atoms with Crippen LogP contribution in [-0.4, -0.2) is 121 Å². The van der Waals surface area contributed by atoms with E-state index in [1.54, 1.807) is 13.0 Å². The molecule has 0 aliphatic carbocycles. The molecule has 4 aromatic rings. The number of anilines is 1. The summed E-state index contributed by atoms with van der Waals surface area (Å²) in [6.07, 6.45) is 0. The first-order chi connectivity index (χ1) is 29.2. The van der Waals surface area contributed by atoms with Crippen LogP contribution in [0.5, 0.6) is 11.5 Å². The molecule has 24 nitrogen and oxygen atoms in total. The number of carboxylic acid groups (broad SMARTS) is 2. The molecule has 1 fully saturated rings. The molecule has 324 valence electrons. The first kappa shape index (κ1) is 44.4. The number of β-lactam (4-membered cyclic amide) rings is 1. The molecule has 0 spiro atoms. The van der Waals surface area contributed by atoms with Gasteiger partial charge in [0.05, 0.1) is 0 Å². The minimum Gasteiger partial charge on any atom is -0.477 e. The molecule has 7 N–H and O–H groups in total. The van der Waals surface area contributed by atoms with Crippen LogP contribution in [0.15, 0.2) is 51.1 Å². The molecule has 2 atom stereocenters. The summed E-state index contributed by atoms with van der Waals surface area (Å²) >= 11 is 3.28. The van der Waals surface area contributed by atoms with Crippen molar-refractivity contribution in [1.82, 2.24) is 45.6 Å². The van der Waals surface area contributed by atoms with Crippen LogP contribution in [0.1, 0.15) is 60.1 Å². The molecule has 3 aromatic heterocycles. The van der Waals surface area contributed by atoms with Gasteiger partial charge in [-0.3, -0.25) is 44.5 Å². The van der Waals surface area contributed by atoms with Gasteiger partial charge in [-0.1, -0.05) is 5.16 Å². The predicted molar refractivity (Wildman–Crippen MR) is 216 cm³/mol. The molecule has 5 heterocycles. The number of hydrogen-bond acceptors (Lipinski definition) is 20. The van der Waals surface area contributed by atoms with Gasteiger partial charge in [0.2, 0.25) is 5.60 Å². The van der Waals surface area contributed by atoms with Crippen molar-refractivity contribution in [1.29, 1.82) is 0 Å². The molecule has 0 bridgehead atoms. The number of benzene rings is 1. The highest BCUT2D eigenvalue weighted by Crippen LogP contribution is 2.42. The average molecular weight is 912 g/mol.